The second kappa shape index (κ2) is 7.19. The molecule has 1 aliphatic heterocycles. The van der Waals surface area contributed by atoms with Gasteiger partial charge in [-0.1, -0.05) is 25.1 Å². The van der Waals surface area contributed by atoms with Crippen LogP contribution in [0.25, 0.3) is 0 Å². The molecular formula is C18H22FN5O. The maximum atomic E-state index is 13.8. The van der Waals surface area contributed by atoms with Crippen molar-refractivity contribution >= 4 is 5.69 Å². The third-order valence-corrected chi connectivity index (χ3v) is 4.64. The SMILES string of the molecule is CC(C)c1noc([C@H](C)N2CCN(c3cccc(F)c3C#N)CC2)n1. The molecule has 0 amide bonds. The molecule has 0 bridgehead atoms. The minimum atomic E-state index is -0.470. The van der Waals surface area contributed by atoms with Crippen molar-refractivity contribution in [2.24, 2.45) is 0 Å². The summed E-state index contributed by atoms with van der Waals surface area (Å²) in [5.74, 6) is 1.11. The number of aromatic nitrogens is 2. The van der Waals surface area contributed by atoms with Gasteiger partial charge in [-0.25, -0.2) is 4.39 Å². The van der Waals surface area contributed by atoms with Crippen LogP contribution in [0.4, 0.5) is 10.1 Å². The average molecular weight is 343 g/mol. The van der Waals surface area contributed by atoms with E-state index in [1.54, 1.807) is 12.1 Å². The van der Waals surface area contributed by atoms with Crippen molar-refractivity contribution in [2.45, 2.75) is 32.7 Å². The van der Waals surface area contributed by atoms with Crippen LogP contribution in [0, 0.1) is 17.1 Å². The number of hydrogen-bond donors (Lipinski definition) is 0. The van der Waals surface area contributed by atoms with Gasteiger partial charge in [0.1, 0.15) is 17.4 Å². The molecule has 25 heavy (non-hydrogen) atoms. The lowest BCUT2D eigenvalue weighted by molar-refractivity contribution is 0.164. The van der Waals surface area contributed by atoms with E-state index in [-0.39, 0.29) is 17.5 Å². The smallest absolute Gasteiger partial charge is 0.243 e. The summed E-state index contributed by atoms with van der Waals surface area (Å²) in [6.45, 7) is 9.11. The molecule has 0 saturated carbocycles. The zero-order valence-corrected chi connectivity index (χ0v) is 14.7. The highest BCUT2D eigenvalue weighted by atomic mass is 19.1. The van der Waals surface area contributed by atoms with E-state index in [0.29, 0.717) is 24.7 Å². The molecule has 6 nitrogen and oxygen atoms in total. The molecule has 7 heteroatoms. The van der Waals surface area contributed by atoms with Crippen molar-refractivity contribution in [2.75, 3.05) is 31.1 Å². The van der Waals surface area contributed by atoms with Gasteiger partial charge in [-0.15, -0.1) is 0 Å². The van der Waals surface area contributed by atoms with E-state index < -0.39 is 5.82 Å². The molecule has 0 unspecified atom stereocenters. The molecule has 0 N–H and O–H groups in total. The molecule has 1 saturated heterocycles. The van der Waals surface area contributed by atoms with Crippen LogP contribution in [-0.4, -0.2) is 41.2 Å². The Hall–Kier alpha value is -2.46. The number of nitrogens with zero attached hydrogens (tertiary/aromatic N) is 5. The van der Waals surface area contributed by atoms with Gasteiger partial charge in [0.2, 0.25) is 5.89 Å². The summed E-state index contributed by atoms with van der Waals surface area (Å²) in [6, 6.07) is 6.77. The Balaban J connectivity index is 1.67. The molecule has 1 aromatic heterocycles. The normalized spacial score (nSPS) is 16.9. The lowest BCUT2D eigenvalue weighted by atomic mass is 10.1. The lowest BCUT2D eigenvalue weighted by Crippen LogP contribution is -2.47. The number of anilines is 1. The van der Waals surface area contributed by atoms with Crippen LogP contribution in [0.1, 0.15) is 50.0 Å². The van der Waals surface area contributed by atoms with Crippen LogP contribution in [0.5, 0.6) is 0 Å². The predicted molar refractivity (Wildman–Crippen MR) is 91.7 cm³/mol. The van der Waals surface area contributed by atoms with Crippen molar-refractivity contribution in [3.05, 3.63) is 41.3 Å². The highest BCUT2D eigenvalue weighted by Crippen LogP contribution is 2.26. The number of hydrogen-bond acceptors (Lipinski definition) is 6. The van der Waals surface area contributed by atoms with Gasteiger partial charge in [0.25, 0.3) is 0 Å². The molecule has 2 aromatic rings. The van der Waals surface area contributed by atoms with Gasteiger partial charge in [-0.05, 0) is 19.1 Å². The van der Waals surface area contributed by atoms with Gasteiger partial charge in [0.05, 0.1) is 11.7 Å². The number of nitriles is 1. The highest BCUT2D eigenvalue weighted by molar-refractivity contribution is 5.60. The first kappa shape index (κ1) is 17.4. The van der Waals surface area contributed by atoms with Crippen molar-refractivity contribution in [1.29, 1.82) is 5.26 Å². The summed E-state index contributed by atoms with van der Waals surface area (Å²) in [5, 5.41) is 13.2. The predicted octanol–water partition coefficient (Wildman–Crippen LogP) is 3.09. The second-order valence-electron chi connectivity index (χ2n) is 6.59. The molecule has 3 rings (SSSR count). The third kappa shape index (κ3) is 3.49. The van der Waals surface area contributed by atoms with Crippen molar-refractivity contribution in [3.8, 4) is 6.07 Å². The molecular weight excluding hydrogens is 321 g/mol. The lowest BCUT2D eigenvalue weighted by Gasteiger charge is -2.38. The molecule has 0 spiro atoms. The van der Waals surface area contributed by atoms with Crippen LogP contribution in [0.3, 0.4) is 0 Å². The number of benzene rings is 1. The first-order chi connectivity index (χ1) is 12.0. The highest BCUT2D eigenvalue weighted by Gasteiger charge is 2.27. The minimum absolute atomic E-state index is 0.0325. The number of halogens is 1. The molecule has 0 radical (unpaired) electrons. The fraction of sp³-hybridized carbons (Fsp3) is 0.500. The molecule has 1 aromatic carbocycles. The Morgan fingerprint density at radius 1 is 1.20 bits per heavy atom. The van der Waals surface area contributed by atoms with E-state index >= 15 is 0 Å². The number of piperazine rings is 1. The Labute approximate surface area is 146 Å². The minimum Gasteiger partial charge on any atom is -0.368 e. The van der Waals surface area contributed by atoms with E-state index in [1.807, 2.05) is 19.9 Å². The van der Waals surface area contributed by atoms with Crippen molar-refractivity contribution in [1.82, 2.24) is 15.0 Å². The van der Waals surface area contributed by atoms with Crippen molar-refractivity contribution < 1.29 is 8.91 Å². The summed E-state index contributed by atoms with van der Waals surface area (Å²) in [4.78, 5) is 8.79. The third-order valence-electron chi connectivity index (χ3n) is 4.64. The molecule has 1 atom stereocenters. The quantitative estimate of drug-likeness (QED) is 0.850. The summed E-state index contributed by atoms with van der Waals surface area (Å²) < 4.78 is 19.2. The molecule has 1 aliphatic rings. The largest absolute Gasteiger partial charge is 0.368 e. The van der Waals surface area contributed by atoms with Crippen molar-refractivity contribution in [3.63, 3.8) is 0 Å². The van der Waals surface area contributed by atoms with Crippen LogP contribution in [0.2, 0.25) is 0 Å². The van der Waals surface area contributed by atoms with E-state index in [4.69, 9.17) is 4.52 Å². The van der Waals surface area contributed by atoms with Gasteiger partial charge < -0.3 is 9.42 Å². The molecule has 0 aliphatic carbocycles. The van der Waals surface area contributed by atoms with Crippen LogP contribution in [-0.2, 0) is 0 Å². The monoisotopic (exact) mass is 343 g/mol. The first-order valence-corrected chi connectivity index (χ1v) is 8.52. The van der Waals surface area contributed by atoms with E-state index in [9.17, 15) is 9.65 Å². The standard InChI is InChI=1S/C18H22FN5O/c1-12(2)17-21-18(25-22-17)13(3)23-7-9-24(10-8-23)16-6-4-5-15(19)14(16)11-20/h4-6,12-13H,7-10H2,1-3H3/t13-/m0/s1. The molecule has 1 fully saturated rings. The van der Waals surface area contributed by atoms with E-state index in [1.165, 1.54) is 6.07 Å². The van der Waals surface area contributed by atoms with Crippen LogP contribution in [0.15, 0.2) is 22.7 Å². The van der Waals surface area contributed by atoms with Gasteiger partial charge in [0, 0.05) is 32.1 Å². The van der Waals surface area contributed by atoms with E-state index in [0.717, 1.165) is 18.9 Å². The second-order valence-corrected chi connectivity index (χ2v) is 6.59. The average Bonchev–Trinajstić information content (AvgIpc) is 3.11. The number of rotatable bonds is 4. The Morgan fingerprint density at radius 3 is 2.52 bits per heavy atom. The Bertz CT molecular complexity index is 774. The fourth-order valence-electron chi connectivity index (χ4n) is 3.04. The summed E-state index contributed by atoms with van der Waals surface area (Å²) in [5.41, 5.74) is 0.775. The summed E-state index contributed by atoms with van der Waals surface area (Å²) >= 11 is 0. The molecule has 2 heterocycles. The summed E-state index contributed by atoms with van der Waals surface area (Å²) in [6.07, 6.45) is 0. The summed E-state index contributed by atoms with van der Waals surface area (Å²) in [7, 11) is 0. The molecule has 132 valence electrons. The zero-order chi connectivity index (χ0) is 18.0. The Morgan fingerprint density at radius 2 is 1.92 bits per heavy atom. The van der Waals surface area contributed by atoms with Crippen LogP contribution >= 0.6 is 0 Å². The maximum absolute atomic E-state index is 13.8. The van der Waals surface area contributed by atoms with E-state index in [2.05, 4.69) is 26.9 Å². The zero-order valence-electron chi connectivity index (χ0n) is 14.7. The fourth-order valence-corrected chi connectivity index (χ4v) is 3.04. The van der Waals surface area contributed by atoms with Gasteiger partial charge >= 0.3 is 0 Å². The topological polar surface area (TPSA) is 69.2 Å². The Kier molecular flexibility index (Phi) is 5.00. The van der Waals surface area contributed by atoms with Gasteiger partial charge in [-0.2, -0.15) is 10.2 Å². The maximum Gasteiger partial charge on any atom is 0.243 e. The van der Waals surface area contributed by atoms with Gasteiger partial charge in [0.15, 0.2) is 5.82 Å². The van der Waals surface area contributed by atoms with Gasteiger partial charge in [-0.3, -0.25) is 4.90 Å². The van der Waals surface area contributed by atoms with Crippen LogP contribution < -0.4 is 4.90 Å². The first-order valence-electron chi connectivity index (χ1n) is 8.52.